The van der Waals surface area contributed by atoms with Crippen molar-refractivity contribution in [3.05, 3.63) is 41.8 Å². The number of hydrogen-bond acceptors (Lipinski definition) is 3. The molecule has 0 saturated carbocycles. The standard InChI is InChI=1S/C17H21FN2O/c1-12-4-5-13(11-21)9-20(12)10-14-6-7-16(18)15-3-2-8-19-17(14)15/h2-3,6-8,12-13,21H,4-5,9-11H2,1H3. The van der Waals surface area contributed by atoms with E-state index in [0.29, 0.717) is 17.3 Å². The highest BCUT2D eigenvalue weighted by atomic mass is 19.1. The quantitative estimate of drug-likeness (QED) is 0.943. The predicted octanol–water partition coefficient (Wildman–Crippen LogP) is 2.97. The number of aliphatic hydroxyl groups excluding tert-OH is 1. The number of halogens is 1. The molecule has 21 heavy (non-hydrogen) atoms. The normalized spacial score (nSPS) is 23.6. The molecule has 2 atom stereocenters. The second kappa shape index (κ2) is 6.08. The molecule has 4 heteroatoms. The van der Waals surface area contributed by atoms with Crippen LogP contribution in [-0.4, -0.2) is 34.2 Å². The van der Waals surface area contributed by atoms with Gasteiger partial charge in [-0.25, -0.2) is 4.39 Å². The molecule has 3 nitrogen and oxygen atoms in total. The fourth-order valence-electron chi connectivity index (χ4n) is 3.17. The lowest BCUT2D eigenvalue weighted by atomic mass is 9.93. The maximum absolute atomic E-state index is 13.9. The molecular formula is C17H21FN2O. The summed E-state index contributed by atoms with van der Waals surface area (Å²) in [6.07, 6.45) is 3.88. The van der Waals surface area contributed by atoms with E-state index in [1.807, 2.05) is 6.07 Å². The Hall–Kier alpha value is -1.52. The molecule has 0 spiro atoms. The van der Waals surface area contributed by atoms with Crippen molar-refractivity contribution in [1.29, 1.82) is 0 Å². The van der Waals surface area contributed by atoms with E-state index in [1.165, 1.54) is 6.07 Å². The van der Waals surface area contributed by atoms with Crippen molar-refractivity contribution < 1.29 is 9.50 Å². The average molecular weight is 288 g/mol. The summed E-state index contributed by atoms with van der Waals surface area (Å²) in [5.41, 5.74) is 1.80. The van der Waals surface area contributed by atoms with Gasteiger partial charge in [0.1, 0.15) is 5.82 Å². The molecule has 1 N–H and O–H groups in total. The Bertz CT molecular complexity index is 631. The molecule has 2 heterocycles. The van der Waals surface area contributed by atoms with Crippen LogP contribution in [0.15, 0.2) is 30.5 Å². The first kappa shape index (κ1) is 14.4. The van der Waals surface area contributed by atoms with Gasteiger partial charge < -0.3 is 5.11 Å². The number of benzene rings is 1. The third-order valence-electron chi connectivity index (χ3n) is 4.54. The summed E-state index contributed by atoms with van der Waals surface area (Å²) < 4.78 is 13.9. The minimum atomic E-state index is -0.221. The van der Waals surface area contributed by atoms with Crippen molar-refractivity contribution in [3.8, 4) is 0 Å². The Labute approximate surface area is 124 Å². The van der Waals surface area contributed by atoms with Gasteiger partial charge in [-0.1, -0.05) is 6.07 Å². The van der Waals surface area contributed by atoms with Gasteiger partial charge in [0.05, 0.1) is 5.52 Å². The molecule has 0 radical (unpaired) electrons. The Morgan fingerprint density at radius 2 is 2.19 bits per heavy atom. The molecule has 1 fully saturated rings. The third-order valence-corrected chi connectivity index (χ3v) is 4.54. The van der Waals surface area contributed by atoms with Crippen LogP contribution in [0.4, 0.5) is 4.39 Å². The van der Waals surface area contributed by atoms with Gasteiger partial charge in [-0.05, 0) is 49.4 Å². The maximum atomic E-state index is 13.9. The summed E-state index contributed by atoms with van der Waals surface area (Å²) in [5, 5.41) is 9.96. The van der Waals surface area contributed by atoms with Crippen LogP contribution in [0, 0.1) is 11.7 Å². The van der Waals surface area contributed by atoms with E-state index >= 15 is 0 Å². The summed E-state index contributed by atoms with van der Waals surface area (Å²) in [4.78, 5) is 6.72. The summed E-state index contributed by atoms with van der Waals surface area (Å²) in [6, 6.07) is 7.38. The fourth-order valence-corrected chi connectivity index (χ4v) is 3.17. The SMILES string of the molecule is CC1CCC(CO)CN1Cc1ccc(F)c2cccnc12. The molecule has 0 aliphatic carbocycles. The van der Waals surface area contributed by atoms with Crippen molar-refractivity contribution in [2.75, 3.05) is 13.2 Å². The van der Waals surface area contributed by atoms with Gasteiger partial charge in [0.2, 0.25) is 0 Å². The van der Waals surface area contributed by atoms with Gasteiger partial charge in [0.15, 0.2) is 0 Å². The Balaban J connectivity index is 1.89. The number of fused-ring (bicyclic) bond motifs is 1. The van der Waals surface area contributed by atoms with E-state index in [0.717, 1.165) is 37.0 Å². The lowest BCUT2D eigenvalue weighted by Gasteiger charge is -2.37. The Kier molecular flexibility index (Phi) is 4.17. The zero-order valence-corrected chi connectivity index (χ0v) is 12.3. The van der Waals surface area contributed by atoms with Crippen molar-refractivity contribution in [2.45, 2.75) is 32.4 Å². The van der Waals surface area contributed by atoms with Crippen molar-refractivity contribution in [3.63, 3.8) is 0 Å². The minimum absolute atomic E-state index is 0.221. The first-order valence-corrected chi connectivity index (χ1v) is 7.56. The van der Waals surface area contributed by atoms with Crippen LogP contribution in [0.2, 0.25) is 0 Å². The molecule has 2 unspecified atom stereocenters. The number of hydrogen-bond donors (Lipinski definition) is 1. The van der Waals surface area contributed by atoms with Crippen LogP contribution in [0.5, 0.6) is 0 Å². The Morgan fingerprint density at radius 3 is 3.00 bits per heavy atom. The predicted molar refractivity (Wildman–Crippen MR) is 81.4 cm³/mol. The molecule has 0 bridgehead atoms. The number of likely N-dealkylation sites (tertiary alicyclic amines) is 1. The lowest BCUT2D eigenvalue weighted by Crippen LogP contribution is -2.42. The van der Waals surface area contributed by atoms with Crippen molar-refractivity contribution in [2.24, 2.45) is 5.92 Å². The van der Waals surface area contributed by atoms with Crippen LogP contribution in [0.25, 0.3) is 10.9 Å². The van der Waals surface area contributed by atoms with E-state index in [4.69, 9.17) is 0 Å². The number of pyridine rings is 1. The second-order valence-corrected chi connectivity index (χ2v) is 6.01. The Morgan fingerprint density at radius 1 is 1.33 bits per heavy atom. The number of piperidine rings is 1. The average Bonchev–Trinajstić information content (AvgIpc) is 2.52. The zero-order chi connectivity index (χ0) is 14.8. The summed E-state index contributed by atoms with van der Waals surface area (Å²) in [7, 11) is 0. The number of rotatable bonds is 3. The fraction of sp³-hybridized carbons (Fsp3) is 0.471. The van der Waals surface area contributed by atoms with Crippen LogP contribution < -0.4 is 0 Å². The van der Waals surface area contributed by atoms with Gasteiger partial charge in [-0.15, -0.1) is 0 Å². The number of aromatic nitrogens is 1. The molecular weight excluding hydrogens is 267 g/mol. The van der Waals surface area contributed by atoms with Gasteiger partial charge in [0.25, 0.3) is 0 Å². The van der Waals surface area contributed by atoms with E-state index in [2.05, 4.69) is 16.8 Å². The summed E-state index contributed by atoms with van der Waals surface area (Å²) in [6.45, 7) is 4.10. The molecule has 2 aromatic rings. The number of aliphatic hydroxyl groups is 1. The molecule has 1 saturated heterocycles. The van der Waals surface area contributed by atoms with Crippen molar-refractivity contribution in [1.82, 2.24) is 9.88 Å². The molecule has 0 amide bonds. The molecule has 1 aromatic heterocycles. The molecule has 112 valence electrons. The van der Waals surface area contributed by atoms with Crippen LogP contribution in [0.3, 0.4) is 0 Å². The van der Waals surface area contributed by atoms with Gasteiger partial charge in [0, 0.05) is 37.3 Å². The van der Waals surface area contributed by atoms with E-state index in [9.17, 15) is 9.50 Å². The highest BCUT2D eigenvalue weighted by molar-refractivity contribution is 5.82. The largest absolute Gasteiger partial charge is 0.396 e. The third kappa shape index (κ3) is 2.92. The summed E-state index contributed by atoms with van der Waals surface area (Å²) >= 11 is 0. The monoisotopic (exact) mass is 288 g/mol. The van der Waals surface area contributed by atoms with Gasteiger partial charge >= 0.3 is 0 Å². The van der Waals surface area contributed by atoms with E-state index in [1.54, 1.807) is 18.3 Å². The van der Waals surface area contributed by atoms with Crippen LogP contribution in [0.1, 0.15) is 25.3 Å². The number of nitrogens with zero attached hydrogens (tertiary/aromatic N) is 2. The van der Waals surface area contributed by atoms with Crippen LogP contribution >= 0.6 is 0 Å². The smallest absolute Gasteiger partial charge is 0.132 e. The molecule has 1 aliphatic heterocycles. The highest BCUT2D eigenvalue weighted by Crippen LogP contribution is 2.26. The van der Waals surface area contributed by atoms with Crippen molar-refractivity contribution >= 4 is 10.9 Å². The van der Waals surface area contributed by atoms with E-state index < -0.39 is 0 Å². The molecule has 1 aliphatic rings. The van der Waals surface area contributed by atoms with Crippen LogP contribution in [-0.2, 0) is 6.54 Å². The highest BCUT2D eigenvalue weighted by Gasteiger charge is 2.25. The van der Waals surface area contributed by atoms with Gasteiger partial charge in [-0.2, -0.15) is 0 Å². The first-order chi connectivity index (χ1) is 10.2. The maximum Gasteiger partial charge on any atom is 0.132 e. The lowest BCUT2D eigenvalue weighted by molar-refractivity contribution is 0.0774. The topological polar surface area (TPSA) is 36.4 Å². The minimum Gasteiger partial charge on any atom is -0.396 e. The van der Waals surface area contributed by atoms with E-state index in [-0.39, 0.29) is 12.4 Å². The molecule has 3 rings (SSSR count). The second-order valence-electron chi connectivity index (χ2n) is 6.01. The summed E-state index contributed by atoms with van der Waals surface area (Å²) in [5.74, 6) is 0.127. The van der Waals surface area contributed by atoms with Gasteiger partial charge in [-0.3, -0.25) is 9.88 Å². The zero-order valence-electron chi connectivity index (χ0n) is 12.3. The molecule has 1 aromatic carbocycles. The first-order valence-electron chi connectivity index (χ1n) is 7.56.